The second-order valence-electron chi connectivity index (χ2n) is 4.65. The first-order chi connectivity index (χ1) is 8.62. The molecule has 0 aliphatic rings. The minimum absolute atomic E-state index is 0.0778. The predicted octanol–water partition coefficient (Wildman–Crippen LogP) is 4.24. The van der Waals surface area contributed by atoms with E-state index in [2.05, 4.69) is 42.0 Å². The van der Waals surface area contributed by atoms with Gasteiger partial charge in [-0.25, -0.2) is 0 Å². The summed E-state index contributed by atoms with van der Waals surface area (Å²) in [6.07, 6.45) is 3.05. The molecule has 0 aliphatic carbocycles. The van der Waals surface area contributed by atoms with Crippen molar-refractivity contribution in [3.05, 3.63) is 21.9 Å². The minimum atomic E-state index is 0.0778. The summed E-state index contributed by atoms with van der Waals surface area (Å²) >= 11 is 5.10. The third kappa shape index (κ3) is 3.58. The number of nitrogens with one attached hydrogen (secondary N) is 1. The van der Waals surface area contributed by atoms with Crippen molar-refractivity contribution in [2.24, 2.45) is 5.41 Å². The average molecular weight is 332 g/mol. The summed E-state index contributed by atoms with van der Waals surface area (Å²) in [5.74, 6) is 0.0778. The predicted molar refractivity (Wildman–Crippen MR) is 82.8 cm³/mol. The maximum Gasteiger partial charge on any atom is 0.261 e. The maximum absolute atomic E-state index is 12.2. The molecule has 0 unspecified atom stereocenters. The molecule has 0 saturated carbocycles. The monoisotopic (exact) mass is 331 g/mol. The van der Waals surface area contributed by atoms with E-state index in [1.165, 1.54) is 11.3 Å². The van der Waals surface area contributed by atoms with Crippen molar-refractivity contribution in [3.63, 3.8) is 0 Å². The van der Waals surface area contributed by atoms with E-state index in [0.717, 1.165) is 41.6 Å². The van der Waals surface area contributed by atoms with Crippen LogP contribution in [0.4, 0.5) is 0 Å². The average Bonchev–Trinajstić information content (AvgIpc) is 2.89. The van der Waals surface area contributed by atoms with Gasteiger partial charge in [0.25, 0.3) is 5.91 Å². The van der Waals surface area contributed by atoms with Gasteiger partial charge in [0.2, 0.25) is 0 Å². The quantitative estimate of drug-likeness (QED) is 0.744. The molecule has 0 saturated heterocycles. The molecule has 1 amide bonds. The maximum atomic E-state index is 12.2. The Morgan fingerprint density at radius 3 is 2.56 bits per heavy atom. The first-order valence-corrected chi connectivity index (χ1v) is 8.53. The van der Waals surface area contributed by atoms with E-state index in [9.17, 15) is 4.79 Å². The van der Waals surface area contributed by atoms with Crippen molar-refractivity contribution < 1.29 is 4.79 Å². The number of thiophene rings is 1. The van der Waals surface area contributed by atoms with Gasteiger partial charge < -0.3 is 5.32 Å². The zero-order valence-corrected chi connectivity index (χ0v) is 13.8. The number of halogens is 1. The van der Waals surface area contributed by atoms with Crippen LogP contribution in [-0.2, 0) is 6.42 Å². The highest BCUT2D eigenvalue weighted by Gasteiger charge is 2.26. The molecule has 0 atom stereocenters. The molecule has 0 bridgehead atoms. The molecule has 1 N–H and O–H groups in total. The Kier molecular flexibility index (Phi) is 6.36. The van der Waals surface area contributed by atoms with E-state index >= 15 is 0 Å². The fraction of sp³-hybridized carbons (Fsp3) is 0.643. The van der Waals surface area contributed by atoms with Gasteiger partial charge in [-0.2, -0.15) is 0 Å². The molecule has 0 fully saturated rings. The van der Waals surface area contributed by atoms with E-state index in [1.54, 1.807) is 0 Å². The van der Waals surface area contributed by atoms with Gasteiger partial charge in [-0.15, -0.1) is 11.3 Å². The molecule has 2 nitrogen and oxygen atoms in total. The molecule has 0 radical (unpaired) electrons. The molecule has 1 heterocycles. The molecule has 1 aromatic heterocycles. The molecule has 4 heteroatoms. The van der Waals surface area contributed by atoms with Gasteiger partial charge in [-0.05, 0) is 41.7 Å². The lowest BCUT2D eigenvalue weighted by molar-refractivity contribution is 0.0935. The first kappa shape index (κ1) is 15.7. The highest BCUT2D eigenvalue weighted by Crippen LogP contribution is 2.28. The van der Waals surface area contributed by atoms with Crippen molar-refractivity contribution >= 4 is 33.2 Å². The zero-order chi connectivity index (χ0) is 13.6. The number of alkyl halides is 1. The molecule has 1 aromatic rings. The van der Waals surface area contributed by atoms with Crippen LogP contribution in [0.15, 0.2) is 11.4 Å². The van der Waals surface area contributed by atoms with Gasteiger partial charge in [-0.1, -0.05) is 36.7 Å². The van der Waals surface area contributed by atoms with Crippen LogP contribution in [0.2, 0.25) is 0 Å². The van der Waals surface area contributed by atoms with E-state index in [1.807, 2.05) is 11.4 Å². The first-order valence-electron chi connectivity index (χ1n) is 6.53. The Balaban J connectivity index is 2.66. The molecule has 102 valence electrons. The fourth-order valence-electron chi connectivity index (χ4n) is 1.90. The van der Waals surface area contributed by atoms with E-state index in [4.69, 9.17) is 0 Å². The number of aryl methyl sites for hydroxylation is 1. The van der Waals surface area contributed by atoms with Gasteiger partial charge in [0.15, 0.2) is 0 Å². The van der Waals surface area contributed by atoms with Crippen LogP contribution in [-0.4, -0.2) is 17.8 Å². The van der Waals surface area contributed by atoms with Gasteiger partial charge >= 0.3 is 0 Å². The number of carbonyl (C=O) groups is 1. The number of rotatable bonds is 7. The van der Waals surface area contributed by atoms with Crippen molar-refractivity contribution in [1.29, 1.82) is 0 Å². The van der Waals surface area contributed by atoms with Crippen molar-refractivity contribution in [2.45, 2.75) is 40.0 Å². The second kappa shape index (κ2) is 7.29. The summed E-state index contributed by atoms with van der Waals surface area (Å²) in [4.78, 5) is 13.0. The third-order valence-corrected chi connectivity index (χ3v) is 5.89. The number of hydrogen-bond acceptors (Lipinski definition) is 2. The Labute approximate surface area is 122 Å². The fourth-order valence-corrected chi connectivity index (χ4v) is 3.80. The van der Waals surface area contributed by atoms with Gasteiger partial charge in [0.1, 0.15) is 0 Å². The Hall–Kier alpha value is -0.350. The summed E-state index contributed by atoms with van der Waals surface area (Å²) in [7, 11) is 0. The van der Waals surface area contributed by atoms with Crippen LogP contribution in [0.1, 0.15) is 48.8 Å². The highest BCUT2D eigenvalue weighted by molar-refractivity contribution is 9.09. The minimum Gasteiger partial charge on any atom is -0.351 e. The lowest BCUT2D eigenvalue weighted by Crippen LogP contribution is -2.38. The van der Waals surface area contributed by atoms with Crippen LogP contribution < -0.4 is 5.32 Å². The largest absolute Gasteiger partial charge is 0.351 e. The number of amides is 1. The van der Waals surface area contributed by atoms with Gasteiger partial charge in [-0.3, -0.25) is 4.79 Å². The Morgan fingerprint density at radius 2 is 2.06 bits per heavy atom. The Morgan fingerprint density at radius 1 is 1.39 bits per heavy atom. The van der Waals surface area contributed by atoms with Gasteiger partial charge in [0, 0.05) is 11.9 Å². The van der Waals surface area contributed by atoms with Gasteiger partial charge in [0.05, 0.1) is 4.88 Å². The summed E-state index contributed by atoms with van der Waals surface area (Å²) in [6.45, 7) is 7.18. The highest BCUT2D eigenvalue weighted by atomic mass is 79.9. The molecule has 18 heavy (non-hydrogen) atoms. The van der Waals surface area contributed by atoms with Crippen LogP contribution in [0.25, 0.3) is 0 Å². The van der Waals surface area contributed by atoms with Crippen molar-refractivity contribution in [2.75, 3.05) is 11.9 Å². The molecule has 0 spiro atoms. The smallest absolute Gasteiger partial charge is 0.261 e. The van der Waals surface area contributed by atoms with E-state index in [-0.39, 0.29) is 11.3 Å². The molecular formula is C14H22BrNOS. The standard InChI is InChI=1S/C14H22BrNOS/c1-4-11-7-8-18-12(11)13(17)16-10-14(5-2,6-3)9-15/h7-8H,4-6,9-10H2,1-3H3,(H,16,17). The van der Waals surface area contributed by atoms with Crippen LogP contribution >= 0.6 is 27.3 Å². The van der Waals surface area contributed by atoms with Crippen molar-refractivity contribution in [3.8, 4) is 0 Å². The van der Waals surface area contributed by atoms with Crippen LogP contribution in [0.5, 0.6) is 0 Å². The molecule has 1 rings (SSSR count). The second-order valence-corrected chi connectivity index (χ2v) is 6.13. The zero-order valence-electron chi connectivity index (χ0n) is 11.4. The number of hydrogen-bond donors (Lipinski definition) is 1. The summed E-state index contributed by atoms with van der Waals surface area (Å²) < 4.78 is 0. The lowest BCUT2D eigenvalue weighted by Gasteiger charge is -2.29. The van der Waals surface area contributed by atoms with E-state index < -0.39 is 0 Å². The van der Waals surface area contributed by atoms with E-state index in [0.29, 0.717) is 0 Å². The summed E-state index contributed by atoms with van der Waals surface area (Å²) in [6, 6.07) is 2.04. The molecule has 0 aromatic carbocycles. The lowest BCUT2D eigenvalue weighted by atomic mass is 9.84. The van der Waals surface area contributed by atoms with Crippen molar-refractivity contribution in [1.82, 2.24) is 5.32 Å². The normalized spacial score (nSPS) is 11.6. The SMILES string of the molecule is CCc1ccsc1C(=O)NCC(CC)(CC)CBr. The summed E-state index contributed by atoms with van der Waals surface area (Å²) in [5, 5.41) is 6.02. The Bertz CT molecular complexity index is 377. The number of carbonyl (C=O) groups excluding carboxylic acids is 1. The molecular weight excluding hydrogens is 310 g/mol. The molecule has 0 aliphatic heterocycles. The van der Waals surface area contributed by atoms with Crippen LogP contribution in [0.3, 0.4) is 0 Å². The van der Waals surface area contributed by atoms with Crippen LogP contribution in [0, 0.1) is 5.41 Å². The topological polar surface area (TPSA) is 29.1 Å². The summed E-state index contributed by atoms with van der Waals surface area (Å²) in [5.41, 5.74) is 1.33. The third-order valence-electron chi connectivity index (χ3n) is 3.74.